The van der Waals surface area contributed by atoms with Crippen LogP contribution >= 0.6 is 0 Å². The van der Waals surface area contributed by atoms with Crippen LogP contribution in [0.1, 0.15) is 104 Å². The number of nitrogens with two attached hydrogens (primary N) is 2. The fourth-order valence-electron chi connectivity index (χ4n) is 4.90. The van der Waals surface area contributed by atoms with Crippen molar-refractivity contribution in [2.24, 2.45) is 29.2 Å². The Morgan fingerprint density at radius 1 is 0.861 bits per heavy atom. The molecule has 1 aromatic carbocycles. The van der Waals surface area contributed by atoms with E-state index in [9.17, 15) is 14.4 Å². The Bertz CT molecular complexity index is 768. The Hall–Kier alpha value is -2.21. The second-order valence-electron chi connectivity index (χ2n) is 10.6. The van der Waals surface area contributed by atoms with Gasteiger partial charge in [0.25, 0.3) is 0 Å². The third kappa shape index (κ3) is 12.2. The van der Waals surface area contributed by atoms with Crippen molar-refractivity contribution in [3.05, 3.63) is 35.9 Å². The van der Waals surface area contributed by atoms with Crippen molar-refractivity contribution < 1.29 is 14.4 Å². The van der Waals surface area contributed by atoms with E-state index in [2.05, 4.69) is 19.2 Å². The number of Topliss-reactive ketones (excluding diaryl/α,β-unsaturated/α-hetero) is 1. The lowest BCUT2D eigenvalue weighted by Gasteiger charge is -2.29. The molecular weight excluding hydrogens is 450 g/mol. The molecule has 5 N–H and O–H groups in total. The third-order valence-corrected chi connectivity index (χ3v) is 7.30. The predicted molar refractivity (Wildman–Crippen MR) is 148 cm³/mol. The Morgan fingerprint density at radius 3 is 2.06 bits per heavy atom. The number of amides is 2. The van der Waals surface area contributed by atoms with Crippen LogP contribution in [0.15, 0.2) is 30.3 Å². The van der Waals surface area contributed by atoms with E-state index >= 15 is 0 Å². The van der Waals surface area contributed by atoms with Gasteiger partial charge in [-0.05, 0) is 37.2 Å². The second-order valence-corrected chi connectivity index (χ2v) is 10.6. The lowest BCUT2D eigenvalue weighted by Crippen LogP contribution is -2.52. The first-order valence-corrected chi connectivity index (χ1v) is 14.1. The first-order valence-electron chi connectivity index (χ1n) is 14.1. The van der Waals surface area contributed by atoms with E-state index in [4.69, 9.17) is 11.5 Å². The molecule has 0 aromatic heterocycles. The van der Waals surface area contributed by atoms with Gasteiger partial charge >= 0.3 is 0 Å². The lowest BCUT2D eigenvalue weighted by molar-refractivity contribution is -0.130. The Morgan fingerprint density at radius 2 is 1.44 bits per heavy atom. The van der Waals surface area contributed by atoms with Crippen LogP contribution in [0, 0.1) is 17.8 Å². The minimum Gasteiger partial charge on any atom is -0.368 e. The molecule has 0 fully saturated rings. The van der Waals surface area contributed by atoms with Crippen LogP contribution in [-0.2, 0) is 20.8 Å². The van der Waals surface area contributed by atoms with Gasteiger partial charge < -0.3 is 16.8 Å². The summed E-state index contributed by atoms with van der Waals surface area (Å²) in [7, 11) is 0. The average molecular weight is 502 g/mol. The Balaban J connectivity index is 2.79. The minimum atomic E-state index is -0.847. The fraction of sp³-hybridized carbons (Fsp3) is 0.700. The number of hydrogen-bond donors (Lipinski definition) is 3. The molecule has 0 radical (unpaired) electrons. The molecule has 0 aliphatic carbocycles. The van der Waals surface area contributed by atoms with E-state index in [1.807, 2.05) is 44.2 Å². The van der Waals surface area contributed by atoms with E-state index in [0.29, 0.717) is 12.8 Å². The van der Waals surface area contributed by atoms with Crippen molar-refractivity contribution in [1.29, 1.82) is 0 Å². The Labute approximate surface area is 219 Å². The summed E-state index contributed by atoms with van der Waals surface area (Å²) in [6, 6.07) is 7.91. The van der Waals surface area contributed by atoms with Gasteiger partial charge in [-0.15, -0.1) is 0 Å². The third-order valence-electron chi connectivity index (χ3n) is 7.30. The highest BCUT2D eigenvalue weighted by Gasteiger charge is 2.32. The van der Waals surface area contributed by atoms with Crippen LogP contribution < -0.4 is 16.8 Å². The van der Waals surface area contributed by atoms with Gasteiger partial charge in [0.15, 0.2) is 0 Å². The largest absolute Gasteiger partial charge is 0.368 e. The molecule has 0 spiro atoms. The van der Waals surface area contributed by atoms with Crippen LogP contribution in [0.4, 0.5) is 0 Å². The number of benzene rings is 1. The van der Waals surface area contributed by atoms with Gasteiger partial charge in [0.1, 0.15) is 11.8 Å². The maximum Gasteiger partial charge on any atom is 0.240 e. The van der Waals surface area contributed by atoms with Crippen molar-refractivity contribution in [1.82, 2.24) is 5.32 Å². The molecule has 0 aliphatic heterocycles. The molecule has 0 saturated heterocycles. The van der Waals surface area contributed by atoms with Crippen molar-refractivity contribution in [2.45, 2.75) is 117 Å². The molecule has 2 amide bonds. The molecule has 0 bridgehead atoms. The van der Waals surface area contributed by atoms with Crippen molar-refractivity contribution in [2.75, 3.05) is 0 Å². The minimum absolute atomic E-state index is 0.00150. The molecule has 6 nitrogen and oxygen atoms in total. The highest BCUT2D eigenvalue weighted by Crippen LogP contribution is 2.29. The van der Waals surface area contributed by atoms with E-state index in [0.717, 1.165) is 44.1 Å². The molecule has 6 heteroatoms. The number of unbranched alkanes of at least 4 members (excludes halogenated alkanes) is 6. The molecule has 0 saturated carbocycles. The Kier molecular flexibility index (Phi) is 16.0. The van der Waals surface area contributed by atoms with Gasteiger partial charge in [0.05, 0.1) is 6.04 Å². The zero-order valence-electron chi connectivity index (χ0n) is 23.1. The fourth-order valence-corrected chi connectivity index (χ4v) is 4.90. The number of rotatable bonds is 20. The summed E-state index contributed by atoms with van der Waals surface area (Å²) in [5, 5.41) is 2.76. The number of carbonyl (C=O) groups excluding carboxylic acids is 3. The van der Waals surface area contributed by atoms with Crippen LogP contribution in [0.2, 0.25) is 0 Å². The summed E-state index contributed by atoms with van der Waals surface area (Å²) in [4.78, 5) is 38.5. The number of primary amides is 1. The zero-order chi connectivity index (χ0) is 26.9. The normalized spacial score (nSPS) is 15.5. The molecule has 1 aromatic rings. The van der Waals surface area contributed by atoms with Crippen LogP contribution in [0.3, 0.4) is 0 Å². The highest BCUT2D eigenvalue weighted by atomic mass is 16.2. The number of ketones is 1. The molecule has 5 atom stereocenters. The number of hydrogen-bond acceptors (Lipinski definition) is 4. The van der Waals surface area contributed by atoms with E-state index in [1.54, 1.807) is 0 Å². The summed E-state index contributed by atoms with van der Waals surface area (Å²) in [5.74, 6) is -0.917. The molecule has 1 rings (SSSR count). The van der Waals surface area contributed by atoms with Crippen LogP contribution in [0.25, 0.3) is 0 Å². The molecule has 4 unspecified atom stereocenters. The maximum absolute atomic E-state index is 13.5. The lowest BCUT2D eigenvalue weighted by atomic mass is 9.77. The summed E-state index contributed by atoms with van der Waals surface area (Å²) >= 11 is 0. The summed E-state index contributed by atoms with van der Waals surface area (Å²) in [6.45, 7) is 8.40. The second kappa shape index (κ2) is 18.1. The summed E-state index contributed by atoms with van der Waals surface area (Å²) in [5.41, 5.74) is 12.7. The SMILES string of the molecule is CCCCCCCC(C)C(=O)C(CCCCC)C(C)CC(NC(=O)[C@H](N)Cc1ccccc1)C(N)=O. The summed E-state index contributed by atoms with van der Waals surface area (Å²) in [6.07, 6.45) is 11.5. The van der Waals surface area contributed by atoms with Gasteiger partial charge in [-0.1, -0.05) is 109 Å². The molecular formula is C30H51N3O3. The smallest absolute Gasteiger partial charge is 0.240 e. The zero-order valence-corrected chi connectivity index (χ0v) is 23.1. The van der Waals surface area contributed by atoms with Gasteiger partial charge in [-0.25, -0.2) is 0 Å². The topological polar surface area (TPSA) is 115 Å². The van der Waals surface area contributed by atoms with Crippen molar-refractivity contribution in [3.8, 4) is 0 Å². The van der Waals surface area contributed by atoms with Crippen molar-refractivity contribution >= 4 is 17.6 Å². The first kappa shape index (κ1) is 31.8. The predicted octanol–water partition coefficient (Wildman–Crippen LogP) is 5.31. The molecule has 36 heavy (non-hydrogen) atoms. The molecule has 0 heterocycles. The number of carbonyl (C=O) groups is 3. The summed E-state index contributed by atoms with van der Waals surface area (Å²) < 4.78 is 0. The average Bonchev–Trinajstić information content (AvgIpc) is 2.85. The van der Waals surface area contributed by atoms with Gasteiger partial charge in [-0.2, -0.15) is 0 Å². The van der Waals surface area contributed by atoms with E-state index < -0.39 is 23.9 Å². The van der Waals surface area contributed by atoms with Gasteiger partial charge in [0.2, 0.25) is 11.8 Å². The highest BCUT2D eigenvalue weighted by molar-refractivity contribution is 5.89. The number of nitrogens with one attached hydrogen (secondary N) is 1. The first-order chi connectivity index (χ1) is 17.2. The van der Waals surface area contributed by atoms with Gasteiger partial charge in [-0.3, -0.25) is 14.4 Å². The van der Waals surface area contributed by atoms with Crippen LogP contribution in [0.5, 0.6) is 0 Å². The van der Waals surface area contributed by atoms with Crippen molar-refractivity contribution in [3.63, 3.8) is 0 Å². The van der Waals surface area contributed by atoms with Crippen LogP contribution in [-0.4, -0.2) is 29.7 Å². The maximum atomic E-state index is 13.5. The molecule has 0 aliphatic rings. The molecule has 204 valence electrons. The van der Waals surface area contributed by atoms with E-state index in [-0.39, 0.29) is 23.5 Å². The monoisotopic (exact) mass is 501 g/mol. The standard InChI is InChI=1S/C30H51N3O3/c1-5-7-9-10-13-16-22(3)28(34)25(19-12-8-6-2)23(4)20-27(29(32)35)33-30(36)26(31)21-24-17-14-11-15-18-24/h11,14-15,17-18,22-23,25-27H,5-10,12-13,16,19-21,31H2,1-4H3,(H2,32,35)(H,33,36)/t22?,23?,25?,26-,27?/m1/s1. The van der Waals surface area contributed by atoms with E-state index in [1.165, 1.54) is 25.7 Å². The quantitative estimate of drug-likeness (QED) is 0.210. The van der Waals surface area contributed by atoms with Gasteiger partial charge in [0, 0.05) is 11.8 Å².